The molecule has 3 heteroatoms. The van der Waals surface area contributed by atoms with E-state index in [0.29, 0.717) is 0 Å². The van der Waals surface area contributed by atoms with Crippen LogP contribution in [-0.4, -0.2) is 18.9 Å². The Morgan fingerprint density at radius 2 is 1.78 bits per heavy atom. The quantitative estimate of drug-likeness (QED) is 0.383. The molecule has 2 fully saturated rings. The van der Waals surface area contributed by atoms with Crippen LogP contribution in [0.4, 0.5) is 0 Å². The van der Waals surface area contributed by atoms with Gasteiger partial charge in [-0.15, -0.1) is 0 Å². The lowest BCUT2D eigenvalue weighted by Gasteiger charge is -2.09. The van der Waals surface area contributed by atoms with Crippen LogP contribution in [0.3, 0.4) is 0 Å². The first-order chi connectivity index (χ1) is 4.27. The van der Waals surface area contributed by atoms with Crippen LogP contribution in [0, 0.1) is 0 Å². The Bertz CT molecular complexity index is 144. The molecule has 2 rings (SSSR count). The van der Waals surface area contributed by atoms with Crippen molar-refractivity contribution in [1.29, 1.82) is 0 Å². The highest BCUT2D eigenvalue weighted by atomic mass is 17.0. The molecule has 0 aromatic rings. The number of fused-ring (bicyclic) bond motifs is 1. The normalized spacial score (nSPS) is 46.6. The minimum Gasteiger partial charge on any atom is -0.314 e. The Morgan fingerprint density at radius 1 is 1.22 bits per heavy atom. The highest BCUT2D eigenvalue weighted by molar-refractivity contribution is 4.97. The molecule has 0 aromatic heterocycles. The molecule has 2 atom stereocenters. The number of rotatable bonds is 1. The lowest BCUT2D eigenvalue weighted by molar-refractivity contribution is -0.142. The Kier molecular flexibility index (Phi) is 0.939. The largest absolute Gasteiger partial charge is 0.314 e. The summed E-state index contributed by atoms with van der Waals surface area (Å²) in [6.45, 7) is 5.56. The fourth-order valence-electron chi connectivity index (χ4n) is 0.787. The van der Waals surface area contributed by atoms with E-state index in [1.54, 1.807) is 0 Å². The molecule has 50 valence electrons. The number of hydrogen-bond acceptors (Lipinski definition) is 3. The number of ether oxygens (including phenoxy) is 3. The molecule has 9 heavy (non-hydrogen) atoms. The van der Waals surface area contributed by atoms with Crippen LogP contribution in [0.1, 0.15) is 6.92 Å². The van der Waals surface area contributed by atoms with Gasteiger partial charge in [0.15, 0.2) is 6.29 Å². The zero-order valence-corrected chi connectivity index (χ0v) is 5.16. The van der Waals surface area contributed by atoms with Crippen molar-refractivity contribution in [1.82, 2.24) is 0 Å². The highest BCUT2D eigenvalue weighted by Gasteiger charge is 2.51. The fraction of sp³-hybridized carbons (Fsp3) is 0.667. The fourth-order valence-corrected chi connectivity index (χ4v) is 0.787. The van der Waals surface area contributed by atoms with Crippen molar-refractivity contribution >= 4 is 0 Å². The molecule has 2 aliphatic heterocycles. The van der Waals surface area contributed by atoms with Crippen LogP contribution >= 0.6 is 0 Å². The molecule has 0 radical (unpaired) electrons. The maximum atomic E-state index is 5.15. The van der Waals surface area contributed by atoms with E-state index in [0.717, 1.165) is 5.57 Å². The topological polar surface area (TPSA) is 31.0 Å². The van der Waals surface area contributed by atoms with Gasteiger partial charge in [0.05, 0.1) is 0 Å². The second-order valence-corrected chi connectivity index (χ2v) is 2.32. The van der Waals surface area contributed by atoms with Crippen LogP contribution < -0.4 is 0 Å². The number of epoxide rings is 1. The maximum Gasteiger partial charge on any atom is 0.215 e. The van der Waals surface area contributed by atoms with E-state index in [2.05, 4.69) is 6.58 Å². The van der Waals surface area contributed by atoms with Crippen molar-refractivity contribution in [2.45, 2.75) is 25.8 Å². The minimum absolute atomic E-state index is 0.105. The average Bonchev–Trinajstić information content (AvgIpc) is 2.40. The highest BCUT2D eigenvalue weighted by Crippen LogP contribution is 2.36. The molecule has 2 heterocycles. The first-order valence-electron chi connectivity index (χ1n) is 2.89. The molecule has 0 amide bonds. The first kappa shape index (κ1) is 5.41. The van der Waals surface area contributed by atoms with Crippen LogP contribution in [0.5, 0.6) is 0 Å². The van der Waals surface area contributed by atoms with Crippen molar-refractivity contribution in [2.75, 3.05) is 0 Å². The summed E-state index contributed by atoms with van der Waals surface area (Å²) < 4.78 is 15.2. The van der Waals surface area contributed by atoms with E-state index in [4.69, 9.17) is 14.2 Å². The molecular formula is C6H8O3. The van der Waals surface area contributed by atoms with Crippen LogP contribution in [0.2, 0.25) is 0 Å². The van der Waals surface area contributed by atoms with E-state index < -0.39 is 0 Å². The van der Waals surface area contributed by atoms with Crippen LogP contribution in [0.15, 0.2) is 12.2 Å². The third-order valence-corrected chi connectivity index (χ3v) is 1.33. The molecule has 0 aliphatic carbocycles. The number of hydrogen-bond donors (Lipinski definition) is 0. The van der Waals surface area contributed by atoms with Gasteiger partial charge in [-0.1, -0.05) is 6.58 Å². The molecular weight excluding hydrogens is 120 g/mol. The Labute approximate surface area is 53.2 Å². The van der Waals surface area contributed by atoms with Crippen molar-refractivity contribution < 1.29 is 14.2 Å². The molecule has 0 bridgehead atoms. The van der Waals surface area contributed by atoms with Gasteiger partial charge in [0.25, 0.3) is 0 Å². The Morgan fingerprint density at radius 3 is 2.11 bits per heavy atom. The monoisotopic (exact) mass is 128 g/mol. The second-order valence-electron chi connectivity index (χ2n) is 2.32. The summed E-state index contributed by atoms with van der Waals surface area (Å²) in [6.07, 6.45) is -0.438. The van der Waals surface area contributed by atoms with E-state index in [1.807, 2.05) is 6.92 Å². The van der Waals surface area contributed by atoms with E-state index in [1.165, 1.54) is 0 Å². The van der Waals surface area contributed by atoms with Gasteiger partial charge in [0.2, 0.25) is 12.6 Å². The molecule has 0 N–H and O–H groups in total. The SMILES string of the molecule is C=C(C)C1OC2OC2O1. The smallest absolute Gasteiger partial charge is 0.215 e. The van der Waals surface area contributed by atoms with Gasteiger partial charge in [-0.3, -0.25) is 0 Å². The zero-order valence-electron chi connectivity index (χ0n) is 5.16. The van der Waals surface area contributed by atoms with Gasteiger partial charge >= 0.3 is 0 Å². The lowest BCUT2D eigenvalue weighted by Crippen LogP contribution is -2.12. The van der Waals surface area contributed by atoms with Gasteiger partial charge in [-0.2, -0.15) is 0 Å². The van der Waals surface area contributed by atoms with Gasteiger partial charge in [-0.05, 0) is 12.5 Å². The van der Waals surface area contributed by atoms with Gasteiger partial charge in [0, 0.05) is 0 Å². The summed E-state index contributed by atoms with van der Waals surface area (Å²) in [6, 6.07) is 0. The maximum absolute atomic E-state index is 5.15. The van der Waals surface area contributed by atoms with E-state index in [9.17, 15) is 0 Å². The summed E-state index contributed by atoms with van der Waals surface area (Å²) in [4.78, 5) is 0. The molecule has 0 aromatic carbocycles. The first-order valence-corrected chi connectivity index (χ1v) is 2.89. The van der Waals surface area contributed by atoms with E-state index in [-0.39, 0.29) is 18.9 Å². The van der Waals surface area contributed by atoms with Crippen LogP contribution in [0.25, 0.3) is 0 Å². The van der Waals surface area contributed by atoms with Crippen LogP contribution in [-0.2, 0) is 14.2 Å². The summed E-state index contributed by atoms with van der Waals surface area (Å²) in [7, 11) is 0. The Balaban J connectivity index is 1.97. The molecule has 0 spiro atoms. The lowest BCUT2D eigenvalue weighted by atomic mass is 10.3. The van der Waals surface area contributed by atoms with E-state index >= 15 is 0 Å². The third-order valence-electron chi connectivity index (χ3n) is 1.33. The average molecular weight is 128 g/mol. The van der Waals surface area contributed by atoms with Gasteiger partial charge in [0.1, 0.15) is 0 Å². The van der Waals surface area contributed by atoms with Gasteiger partial charge < -0.3 is 14.2 Å². The standard InChI is InChI=1S/C6H8O3/c1-3(2)4-7-5-6(8-4)9-5/h4-6H,1H2,2H3. The van der Waals surface area contributed by atoms with Crippen molar-refractivity contribution in [2.24, 2.45) is 0 Å². The van der Waals surface area contributed by atoms with Crippen molar-refractivity contribution in [3.05, 3.63) is 12.2 Å². The summed E-state index contributed by atoms with van der Waals surface area (Å²) in [5, 5.41) is 0. The molecule has 0 saturated carbocycles. The minimum atomic E-state index is -0.228. The third kappa shape index (κ3) is 0.775. The summed E-state index contributed by atoms with van der Waals surface area (Å²) >= 11 is 0. The summed E-state index contributed by atoms with van der Waals surface area (Å²) in [5.74, 6) is 0. The van der Waals surface area contributed by atoms with Crippen molar-refractivity contribution in [3.63, 3.8) is 0 Å². The van der Waals surface area contributed by atoms with Gasteiger partial charge in [-0.25, -0.2) is 0 Å². The Hall–Kier alpha value is -0.380. The predicted molar refractivity (Wildman–Crippen MR) is 29.4 cm³/mol. The molecule has 2 unspecified atom stereocenters. The molecule has 2 aliphatic rings. The molecule has 2 saturated heterocycles. The van der Waals surface area contributed by atoms with Crippen molar-refractivity contribution in [3.8, 4) is 0 Å². The summed E-state index contributed by atoms with van der Waals surface area (Å²) in [5.41, 5.74) is 0.894. The molecule has 3 nitrogen and oxygen atoms in total. The zero-order chi connectivity index (χ0) is 6.43. The predicted octanol–water partition coefficient (Wildman–Crippen LogP) is 0.618. The second kappa shape index (κ2) is 1.56.